The fourth-order valence-corrected chi connectivity index (χ4v) is 2.08. The topological polar surface area (TPSA) is 60.2 Å². The van der Waals surface area contributed by atoms with Crippen LogP contribution >= 0.6 is 11.3 Å². The molecule has 2 rings (SSSR count). The van der Waals surface area contributed by atoms with Crippen LogP contribution in [0.2, 0.25) is 0 Å². The molecule has 2 heterocycles. The van der Waals surface area contributed by atoms with Gasteiger partial charge in [0.2, 0.25) is 10.7 Å². The fourth-order valence-electron chi connectivity index (χ4n) is 1.23. The molecule has 0 N–H and O–H groups in total. The van der Waals surface area contributed by atoms with E-state index in [9.17, 15) is 18.0 Å². The maximum Gasteiger partial charge on any atom is 0.450 e. The van der Waals surface area contributed by atoms with Gasteiger partial charge in [0, 0.05) is 6.42 Å². The zero-order valence-electron chi connectivity index (χ0n) is 8.65. The van der Waals surface area contributed by atoms with E-state index in [1.54, 1.807) is 0 Å². The predicted octanol–water partition coefficient (Wildman–Crippen LogP) is 1.42. The molecule has 92 valence electrons. The van der Waals surface area contributed by atoms with E-state index in [1.165, 1.54) is 4.52 Å². The summed E-state index contributed by atoms with van der Waals surface area (Å²) in [5.74, 6) is -1.25. The van der Waals surface area contributed by atoms with Crippen LogP contribution in [-0.2, 0) is 17.6 Å². The summed E-state index contributed by atoms with van der Waals surface area (Å²) in [7, 11) is 0. The SMILES string of the molecule is CCc1nnc2sc(CC(=O)C(F)(F)F)nn12. The number of hydrogen-bond donors (Lipinski definition) is 0. The minimum Gasteiger partial charge on any atom is -0.289 e. The molecule has 0 saturated carbocycles. The lowest BCUT2D eigenvalue weighted by Crippen LogP contribution is -2.24. The summed E-state index contributed by atoms with van der Waals surface area (Å²) in [6, 6.07) is 0. The van der Waals surface area contributed by atoms with Gasteiger partial charge in [-0.1, -0.05) is 18.3 Å². The van der Waals surface area contributed by atoms with Gasteiger partial charge in [0.1, 0.15) is 5.01 Å². The number of nitrogens with zero attached hydrogens (tertiary/aromatic N) is 4. The minimum atomic E-state index is -4.82. The number of halogens is 3. The lowest BCUT2D eigenvalue weighted by atomic mass is 10.3. The molecule has 2 aromatic rings. The molecule has 9 heteroatoms. The molecular formula is C8H7F3N4OS. The number of Topliss-reactive ketones (excluding diaryl/α,β-unsaturated/α-hetero) is 1. The second-order valence-electron chi connectivity index (χ2n) is 3.26. The Morgan fingerprint density at radius 1 is 1.41 bits per heavy atom. The molecule has 0 aromatic carbocycles. The smallest absolute Gasteiger partial charge is 0.289 e. The zero-order chi connectivity index (χ0) is 12.6. The maximum absolute atomic E-state index is 12.1. The van der Waals surface area contributed by atoms with Gasteiger partial charge in [-0.3, -0.25) is 4.79 Å². The van der Waals surface area contributed by atoms with E-state index in [-0.39, 0.29) is 5.01 Å². The molecule has 0 spiro atoms. The largest absolute Gasteiger partial charge is 0.450 e. The molecule has 0 unspecified atom stereocenters. The van der Waals surface area contributed by atoms with Gasteiger partial charge < -0.3 is 0 Å². The molecule has 2 aromatic heterocycles. The first kappa shape index (κ1) is 12.0. The van der Waals surface area contributed by atoms with Crippen LogP contribution in [0.25, 0.3) is 4.96 Å². The summed E-state index contributed by atoms with van der Waals surface area (Å²) in [5.41, 5.74) is 0. The van der Waals surface area contributed by atoms with Crippen molar-refractivity contribution in [3.05, 3.63) is 10.8 Å². The second kappa shape index (κ2) is 4.06. The van der Waals surface area contributed by atoms with Gasteiger partial charge in [-0.25, -0.2) is 0 Å². The van der Waals surface area contributed by atoms with Gasteiger partial charge in [-0.15, -0.1) is 10.2 Å². The third kappa shape index (κ3) is 2.28. The molecule has 17 heavy (non-hydrogen) atoms. The zero-order valence-corrected chi connectivity index (χ0v) is 9.47. The first-order valence-electron chi connectivity index (χ1n) is 4.72. The highest BCUT2D eigenvalue weighted by Gasteiger charge is 2.38. The molecule has 0 saturated heterocycles. The van der Waals surface area contributed by atoms with Gasteiger partial charge >= 0.3 is 6.18 Å². The minimum absolute atomic E-state index is 0.0897. The summed E-state index contributed by atoms with van der Waals surface area (Å²) in [5, 5.41) is 11.5. The van der Waals surface area contributed by atoms with Crippen LogP contribution < -0.4 is 0 Å². The molecule has 0 amide bonds. The van der Waals surface area contributed by atoms with Crippen molar-refractivity contribution in [2.24, 2.45) is 0 Å². The van der Waals surface area contributed by atoms with Gasteiger partial charge in [-0.2, -0.15) is 22.8 Å². The van der Waals surface area contributed by atoms with Crippen molar-refractivity contribution >= 4 is 22.1 Å². The average Bonchev–Trinajstić information content (AvgIpc) is 2.75. The van der Waals surface area contributed by atoms with Gasteiger partial charge in [0.25, 0.3) is 0 Å². The Morgan fingerprint density at radius 3 is 2.71 bits per heavy atom. The van der Waals surface area contributed by atoms with E-state index in [0.717, 1.165) is 11.3 Å². The summed E-state index contributed by atoms with van der Waals surface area (Å²) in [4.78, 5) is 11.2. The number of alkyl halides is 3. The molecule has 0 radical (unpaired) electrons. The number of aryl methyl sites for hydroxylation is 1. The normalized spacial score (nSPS) is 12.2. The molecule has 5 nitrogen and oxygen atoms in total. The van der Waals surface area contributed by atoms with E-state index in [1.807, 2.05) is 6.92 Å². The summed E-state index contributed by atoms with van der Waals surface area (Å²) >= 11 is 0.935. The monoisotopic (exact) mass is 264 g/mol. The van der Waals surface area contributed by atoms with Crippen molar-refractivity contribution in [1.29, 1.82) is 0 Å². The Morgan fingerprint density at radius 2 is 2.12 bits per heavy atom. The Hall–Kier alpha value is -1.51. The molecule has 0 aliphatic carbocycles. The molecule has 0 bridgehead atoms. The van der Waals surface area contributed by atoms with Crippen molar-refractivity contribution in [1.82, 2.24) is 19.8 Å². The van der Waals surface area contributed by atoms with Crippen LogP contribution in [0, 0.1) is 0 Å². The summed E-state index contributed by atoms with van der Waals surface area (Å²) in [6.45, 7) is 1.83. The number of aromatic nitrogens is 4. The van der Waals surface area contributed by atoms with E-state index in [0.29, 0.717) is 17.2 Å². The van der Waals surface area contributed by atoms with Crippen molar-refractivity contribution in [2.75, 3.05) is 0 Å². The lowest BCUT2D eigenvalue weighted by molar-refractivity contribution is -0.170. The number of rotatable bonds is 3. The first-order valence-corrected chi connectivity index (χ1v) is 5.53. The van der Waals surface area contributed by atoms with E-state index >= 15 is 0 Å². The number of carbonyl (C=O) groups excluding carboxylic acids is 1. The van der Waals surface area contributed by atoms with Crippen LogP contribution in [0.1, 0.15) is 17.8 Å². The highest BCUT2D eigenvalue weighted by Crippen LogP contribution is 2.21. The highest BCUT2D eigenvalue weighted by molar-refractivity contribution is 7.16. The molecular weight excluding hydrogens is 257 g/mol. The van der Waals surface area contributed by atoms with Crippen molar-refractivity contribution in [2.45, 2.75) is 25.9 Å². The number of ketones is 1. The Labute approximate surface area is 97.3 Å². The van der Waals surface area contributed by atoms with Crippen molar-refractivity contribution < 1.29 is 18.0 Å². The lowest BCUT2D eigenvalue weighted by Gasteiger charge is -2.01. The van der Waals surface area contributed by atoms with E-state index < -0.39 is 18.4 Å². The quantitative estimate of drug-likeness (QED) is 0.841. The third-order valence-electron chi connectivity index (χ3n) is 2.04. The number of hydrogen-bond acceptors (Lipinski definition) is 5. The summed E-state index contributed by atoms with van der Waals surface area (Å²) in [6.07, 6.45) is -5.00. The van der Waals surface area contributed by atoms with Gasteiger partial charge in [0.15, 0.2) is 5.82 Å². The molecule has 0 aliphatic heterocycles. The Bertz CT molecular complexity index is 559. The predicted molar refractivity (Wildman–Crippen MR) is 52.8 cm³/mol. The van der Waals surface area contributed by atoms with Crippen LogP contribution in [0.15, 0.2) is 0 Å². The van der Waals surface area contributed by atoms with Gasteiger partial charge in [-0.05, 0) is 0 Å². The molecule has 0 aliphatic rings. The van der Waals surface area contributed by atoms with Gasteiger partial charge in [0.05, 0.1) is 6.42 Å². The molecule has 0 fully saturated rings. The van der Waals surface area contributed by atoms with E-state index in [4.69, 9.17) is 0 Å². The highest BCUT2D eigenvalue weighted by atomic mass is 32.1. The standard InChI is InChI=1S/C8H7F3N4OS/c1-2-5-12-13-7-15(5)14-6(17-7)3-4(16)8(9,10)11/h2-3H2,1H3. The maximum atomic E-state index is 12.1. The number of fused-ring (bicyclic) bond motifs is 1. The number of carbonyl (C=O) groups is 1. The van der Waals surface area contributed by atoms with Crippen LogP contribution in [0.5, 0.6) is 0 Å². The fraction of sp³-hybridized carbons (Fsp3) is 0.500. The Balaban J connectivity index is 2.26. The Kier molecular flexibility index (Phi) is 2.86. The molecule has 0 atom stereocenters. The first-order chi connectivity index (χ1) is 7.91. The third-order valence-corrected chi connectivity index (χ3v) is 2.94. The second-order valence-corrected chi connectivity index (χ2v) is 4.30. The van der Waals surface area contributed by atoms with Crippen LogP contribution in [0.3, 0.4) is 0 Å². The summed E-state index contributed by atoms with van der Waals surface area (Å²) < 4.78 is 37.5. The van der Waals surface area contributed by atoms with E-state index in [2.05, 4.69) is 15.3 Å². The van der Waals surface area contributed by atoms with Crippen molar-refractivity contribution in [3.63, 3.8) is 0 Å². The average molecular weight is 264 g/mol. The van der Waals surface area contributed by atoms with Crippen LogP contribution in [-0.4, -0.2) is 31.8 Å². The van der Waals surface area contributed by atoms with Crippen LogP contribution in [0.4, 0.5) is 13.2 Å². The van der Waals surface area contributed by atoms with Crippen molar-refractivity contribution in [3.8, 4) is 0 Å².